The molecule has 0 radical (unpaired) electrons. The summed E-state index contributed by atoms with van der Waals surface area (Å²) < 4.78 is 6.74. The van der Waals surface area contributed by atoms with Crippen molar-refractivity contribution in [3.05, 3.63) is 42.9 Å². The molecule has 0 aliphatic rings. The Balaban J connectivity index is 1.96. The van der Waals surface area contributed by atoms with Gasteiger partial charge < -0.3 is 14.7 Å². The van der Waals surface area contributed by atoms with E-state index in [-0.39, 0.29) is 6.61 Å². The van der Waals surface area contributed by atoms with Gasteiger partial charge in [0, 0.05) is 20.7 Å². The van der Waals surface area contributed by atoms with Gasteiger partial charge in [-0.05, 0) is 12.1 Å². The quantitative estimate of drug-likeness (QED) is 0.738. The fraction of sp³-hybridized carbons (Fsp3) is 0.312. The molecule has 0 saturated carbocycles. The van der Waals surface area contributed by atoms with Crippen LogP contribution in [0.15, 0.2) is 42.9 Å². The Morgan fingerprint density at radius 1 is 1.26 bits per heavy atom. The average molecular weight is 313 g/mol. The zero-order chi connectivity index (χ0) is 16.2. The minimum absolute atomic E-state index is 0.280. The normalized spacial score (nSPS) is 12.5. The van der Waals surface area contributed by atoms with Crippen LogP contribution >= 0.6 is 0 Å². The smallest absolute Gasteiger partial charge is 0.168 e. The molecule has 0 aliphatic heterocycles. The highest BCUT2D eigenvalue weighted by Crippen LogP contribution is 2.23. The predicted molar refractivity (Wildman–Crippen MR) is 87.8 cm³/mol. The Kier molecular flexibility index (Phi) is 4.50. The third kappa shape index (κ3) is 3.15. The van der Waals surface area contributed by atoms with Gasteiger partial charge in [0.25, 0.3) is 0 Å². The Labute approximate surface area is 134 Å². The van der Waals surface area contributed by atoms with E-state index >= 15 is 0 Å². The molecule has 2 aromatic heterocycles. The lowest BCUT2D eigenvalue weighted by Gasteiger charge is -2.21. The van der Waals surface area contributed by atoms with Crippen molar-refractivity contribution >= 4 is 16.9 Å². The van der Waals surface area contributed by atoms with Crippen LogP contribution in [0, 0.1) is 0 Å². The van der Waals surface area contributed by atoms with Crippen LogP contribution in [-0.4, -0.2) is 58.3 Å². The molecule has 0 fully saturated rings. The van der Waals surface area contributed by atoms with Crippen molar-refractivity contribution in [2.24, 2.45) is 0 Å². The second-order valence-electron chi connectivity index (χ2n) is 5.32. The SMILES string of the molecule is COCC(O)CN(C)c1ncnc2c1cnn2-c1ccccc1. The molecule has 2 heterocycles. The highest BCUT2D eigenvalue weighted by molar-refractivity contribution is 5.87. The molecule has 23 heavy (non-hydrogen) atoms. The largest absolute Gasteiger partial charge is 0.389 e. The summed E-state index contributed by atoms with van der Waals surface area (Å²) in [6.07, 6.45) is 2.67. The molecule has 0 spiro atoms. The summed E-state index contributed by atoms with van der Waals surface area (Å²) in [6, 6.07) is 9.82. The van der Waals surface area contributed by atoms with Gasteiger partial charge in [-0.3, -0.25) is 0 Å². The summed E-state index contributed by atoms with van der Waals surface area (Å²) in [5.41, 5.74) is 1.67. The average Bonchev–Trinajstić information content (AvgIpc) is 2.99. The molecule has 1 unspecified atom stereocenters. The lowest BCUT2D eigenvalue weighted by Crippen LogP contribution is -2.32. The van der Waals surface area contributed by atoms with Crippen LogP contribution < -0.4 is 4.90 Å². The number of anilines is 1. The number of hydrogen-bond acceptors (Lipinski definition) is 6. The lowest BCUT2D eigenvalue weighted by molar-refractivity contribution is 0.0694. The summed E-state index contributed by atoms with van der Waals surface area (Å²) >= 11 is 0. The molecular weight excluding hydrogens is 294 g/mol. The number of fused-ring (bicyclic) bond motifs is 1. The van der Waals surface area contributed by atoms with Crippen molar-refractivity contribution < 1.29 is 9.84 Å². The van der Waals surface area contributed by atoms with Crippen molar-refractivity contribution in [1.29, 1.82) is 0 Å². The molecule has 1 aromatic carbocycles. The summed E-state index contributed by atoms with van der Waals surface area (Å²) in [6.45, 7) is 0.693. The fourth-order valence-electron chi connectivity index (χ4n) is 2.54. The number of nitrogens with zero attached hydrogens (tertiary/aromatic N) is 5. The van der Waals surface area contributed by atoms with Crippen molar-refractivity contribution in [3.8, 4) is 5.69 Å². The molecule has 3 aromatic rings. The van der Waals surface area contributed by atoms with Gasteiger partial charge in [-0.2, -0.15) is 5.10 Å². The highest BCUT2D eigenvalue weighted by Gasteiger charge is 2.16. The second-order valence-corrected chi connectivity index (χ2v) is 5.32. The Hall–Kier alpha value is -2.51. The number of aliphatic hydroxyl groups excluding tert-OH is 1. The number of methoxy groups -OCH3 is 1. The topological polar surface area (TPSA) is 76.3 Å². The lowest BCUT2D eigenvalue weighted by atomic mass is 10.3. The van der Waals surface area contributed by atoms with Gasteiger partial charge in [0.1, 0.15) is 12.1 Å². The number of para-hydroxylation sites is 1. The monoisotopic (exact) mass is 313 g/mol. The van der Waals surface area contributed by atoms with Gasteiger partial charge in [0.2, 0.25) is 0 Å². The van der Waals surface area contributed by atoms with E-state index in [4.69, 9.17) is 4.74 Å². The fourth-order valence-corrected chi connectivity index (χ4v) is 2.54. The summed E-state index contributed by atoms with van der Waals surface area (Å²) in [5, 5.41) is 15.2. The van der Waals surface area contributed by atoms with Crippen molar-refractivity contribution in [2.45, 2.75) is 6.10 Å². The number of aliphatic hydroxyl groups is 1. The van der Waals surface area contributed by atoms with E-state index in [1.54, 1.807) is 18.0 Å². The number of hydrogen-bond donors (Lipinski definition) is 1. The van der Waals surface area contributed by atoms with Crippen LogP contribution in [0.3, 0.4) is 0 Å². The minimum Gasteiger partial charge on any atom is -0.389 e. The highest BCUT2D eigenvalue weighted by atomic mass is 16.5. The molecule has 0 aliphatic carbocycles. The molecule has 7 nitrogen and oxygen atoms in total. The first-order valence-electron chi connectivity index (χ1n) is 7.33. The third-order valence-corrected chi connectivity index (χ3v) is 3.55. The van der Waals surface area contributed by atoms with Crippen LogP contribution in [0.1, 0.15) is 0 Å². The molecule has 1 N–H and O–H groups in total. The summed E-state index contributed by atoms with van der Waals surface area (Å²) in [7, 11) is 3.44. The van der Waals surface area contributed by atoms with Crippen LogP contribution in [0.25, 0.3) is 16.7 Å². The molecule has 120 valence electrons. The first kappa shape index (κ1) is 15.4. The van der Waals surface area contributed by atoms with Crippen LogP contribution in [0.5, 0.6) is 0 Å². The maximum absolute atomic E-state index is 9.91. The van der Waals surface area contributed by atoms with Gasteiger partial charge >= 0.3 is 0 Å². The maximum Gasteiger partial charge on any atom is 0.168 e. The Morgan fingerprint density at radius 3 is 2.78 bits per heavy atom. The van der Waals surface area contributed by atoms with E-state index in [0.717, 1.165) is 22.5 Å². The number of benzene rings is 1. The van der Waals surface area contributed by atoms with E-state index in [0.29, 0.717) is 6.54 Å². The first-order valence-corrected chi connectivity index (χ1v) is 7.33. The first-order chi connectivity index (χ1) is 11.2. The second kappa shape index (κ2) is 6.72. The Bertz CT molecular complexity index is 774. The maximum atomic E-state index is 9.91. The Morgan fingerprint density at radius 2 is 2.04 bits per heavy atom. The third-order valence-electron chi connectivity index (χ3n) is 3.55. The van der Waals surface area contributed by atoms with E-state index < -0.39 is 6.10 Å². The molecular formula is C16H19N5O2. The summed E-state index contributed by atoms with van der Waals surface area (Å²) in [5.74, 6) is 0.729. The minimum atomic E-state index is -0.584. The van der Waals surface area contributed by atoms with Crippen LogP contribution in [-0.2, 0) is 4.74 Å². The number of aromatic nitrogens is 4. The van der Waals surface area contributed by atoms with Gasteiger partial charge in [0.05, 0.1) is 30.0 Å². The standard InChI is InChI=1S/C16H19N5O2/c1-20(9-13(22)10-23-2)15-14-8-19-21(16(14)18-11-17-15)12-6-4-3-5-7-12/h3-8,11,13,22H,9-10H2,1-2H3. The zero-order valence-electron chi connectivity index (χ0n) is 13.1. The van der Waals surface area contributed by atoms with E-state index in [1.165, 1.54) is 6.33 Å². The van der Waals surface area contributed by atoms with Crippen molar-refractivity contribution in [3.63, 3.8) is 0 Å². The van der Waals surface area contributed by atoms with E-state index in [1.807, 2.05) is 42.3 Å². The van der Waals surface area contributed by atoms with Gasteiger partial charge in [-0.25, -0.2) is 14.6 Å². The number of likely N-dealkylation sites (N-methyl/N-ethyl adjacent to an activating group) is 1. The molecule has 1 atom stereocenters. The molecule has 3 rings (SSSR count). The molecule has 0 saturated heterocycles. The van der Waals surface area contributed by atoms with E-state index in [9.17, 15) is 5.11 Å². The zero-order valence-corrected chi connectivity index (χ0v) is 13.1. The molecule has 0 bridgehead atoms. The summed E-state index contributed by atoms with van der Waals surface area (Å²) in [4.78, 5) is 10.6. The van der Waals surface area contributed by atoms with Gasteiger partial charge in [-0.1, -0.05) is 18.2 Å². The van der Waals surface area contributed by atoms with Gasteiger partial charge in [-0.15, -0.1) is 0 Å². The van der Waals surface area contributed by atoms with Crippen LogP contribution in [0.2, 0.25) is 0 Å². The number of rotatable bonds is 6. The van der Waals surface area contributed by atoms with Gasteiger partial charge in [0.15, 0.2) is 5.65 Å². The number of ether oxygens (including phenoxy) is 1. The predicted octanol–water partition coefficient (Wildman–Crippen LogP) is 1.26. The molecule has 7 heteroatoms. The van der Waals surface area contributed by atoms with Crippen LogP contribution in [0.4, 0.5) is 5.82 Å². The molecule has 0 amide bonds. The van der Waals surface area contributed by atoms with Crippen molar-refractivity contribution in [1.82, 2.24) is 19.7 Å². The van der Waals surface area contributed by atoms with E-state index in [2.05, 4.69) is 15.1 Å². The van der Waals surface area contributed by atoms with Crippen molar-refractivity contribution in [2.75, 3.05) is 32.2 Å².